The third kappa shape index (κ3) is 3.99. The van der Waals surface area contributed by atoms with Crippen LogP contribution in [0.15, 0.2) is 65.6 Å². The molecule has 8 heteroatoms. The van der Waals surface area contributed by atoms with E-state index in [0.29, 0.717) is 16.3 Å². The molecule has 0 saturated heterocycles. The largest absolute Gasteiger partial charge is 0.465 e. The van der Waals surface area contributed by atoms with E-state index in [9.17, 15) is 14.7 Å². The van der Waals surface area contributed by atoms with Gasteiger partial charge in [0, 0.05) is 23.0 Å². The standard InChI is InChI=1S/C19H16ClN3O4/c1-19(27,12-3-2-4-14(11-12)21-18(25)26)17-16(24)9-10-23(22-17)15-7-5-13(20)6-8-15/h2-11,21,27H,1H3,(H,25,26). The van der Waals surface area contributed by atoms with Crippen LogP contribution < -0.4 is 10.7 Å². The molecule has 0 radical (unpaired) electrons. The number of benzene rings is 2. The summed E-state index contributed by atoms with van der Waals surface area (Å²) in [5.74, 6) is 0. The van der Waals surface area contributed by atoms with Crippen molar-refractivity contribution in [2.75, 3.05) is 5.32 Å². The van der Waals surface area contributed by atoms with Crippen LogP contribution in [0.3, 0.4) is 0 Å². The Kier molecular flexibility index (Phi) is 4.98. The van der Waals surface area contributed by atoms with E-state index >= 15 is 0 Å². The number of aromatic nitrogens is 2. The van der Waals surface area contributed by atoms with Crippen LogP contribution >= 0.6 is 11.6 Å². The fraction of sp³-hybridized carbons (Fsp3) is 0.105. The highest BCUT2D eigenvalue weighted by atomic mass is 35.5. The highest BCUT2D eigenvalue weighted by Crippen LogP contribution is 2.28. The molecule has 1 atom stereocenters. The summed E-state index contributed by atoms with van der Waals surface area (Å²) in [6, 6.07) is 14.3. The number of carboxylic acid groups (broad SMARTS) is 1. The zero-order valence-electron chi connectivity index (χ0n) is 14.3. The molecule has 7 nitrogen and oxygen atoms in total. The van der Waals surface area contributed by atoms with Crippen LogP contribution in [-0.4, -0.2) is 26.1 Å². The van der Waals surface area contributed by atoms with Gasteiger partial charge in [-0.25, -0.2) is 9.48 Å². The molecule has 27 heavy (non-hydrogen) atoms. The number of anilines is 1. The van der Waals surface area contributed by atoms with Gasteiger partial charge in [0.05, 0.1) is 5.69 Å². The first-order chi connectivity index (χ1) is 12.8. The Labute approximate surface area is 159 Å². The van der Waals surface area contributed by atoms with Crippen molar-refractivity contribution in [1.29, 1.82) is 0 Å². The molecule has 1 heterocycles. The van der Waals surface area contributed by atoms with E-state index in [1.165, 1.54) is 36.0 Å². The first kappa shape index (κ1) is 18.6. The predicted molar refractivity (Wildman–Crippen MR) is 102 cm³/mol. The molecule has 0 bridgehead atoms. The Hall–Kier alpha value is -3.16. The van der Waals surface area contributed by atoms with Gasteiger partial charge >= 0.3 is 6.09 Å². The van der Waals surface area contributed by atoms with Crippen LogP contribution in [0.25, 0.3) is 5.69 Å². The molecule has 3 rings (SSSR count). The van der Waals surface area contributed by atoms with Gasteiger partial charge in [0.15, 0.2) is 0 Å². The third-order valence-corrected chi connectivity index (χ3v) is 4.29. The number of halogens is 1. The number of hydrogen-bond donors (Lipinski definition) is 3. The number of nitrogens with one attached hydrogen (secondary N) is 1. The number of nitrogens with zero attached hydrogens (tertiary/aromatic N) is 2. The van der Waals surface area contributed by atoms with E-state index in [-0.39, 0.29) is 11.4 Å². The Balaban J connectivity index is 2.06. The van der Waals surface area contributed by atoms with Crippen LogP contribution in [0.1, 0.15) is 18.2 Å². The molecule has 0 aliphatic rings. The average molecular weight is 386 g/mol. The lowest BCUT2D eigenvalue weighted by molar-refractivity contribution is 0.0945. The maximum Gasteiger partial charge on any atom is 0.409 e. The highest BCUT2D eigenvalue weighted by Gasteiger charge is 2.31. The van der Waals surface area contributed by atoms with Crippen molar-refractivity contribution in [3.63, 3.8) is 0 Å². The average Bonchev–Trinajstić information content (AvgIpc) is 2.62. The summed E-state index contributed by atoms with van der Waals surface area (Å²) in [6.07, 6.45) is 0.267. The molecule has 0 aliphatic heterocycles. The van der Waals surface area contributed by atoms with Gasteiger partial charge in [0.1, 0.15) is 11.3 Å². The molecule has 3 N–H and O–H groups in total. The maximum atomic E-state index is 12.4. The molecule has 0 fully saturated rings. The summed E-state index contributed by atoms with van der Waals surface area (Å²) in [4.78, 5) is 23.2. The summed E-state index contributed by atoms with van der Waals surface area (Å²) >= 11 is 5.89. The maximum absolute atomic E-state index is 12.4. The van der Waals surface area contributed by atoms with Gasteiger partial charge in [0.25, 0.3) is 0 Å². The number of amides is 1. The van der Waals surface area contributed by atoms with Crippen molar-refractivity contribution in [2.24, 2.45) is 0 Å². The molecule has 0 saturated carbocycles. The lowest BCUT2D eigenvalue weighted by atomic mass is 9.91. The Bertz CT molecular complexity index is 1050. The second-order valence-corrected chi connectivity index (χ2v) is 6.47. The lowest BCUT2D eigenvalue weighted by Crippen LogP contribution is -2.33. The van der Waals surface area contributed by atoms with Gasteiger partial charge in [-0.3, -0.25) is 10.1 Å². The van der Waals surface area contributed by atoms with E-state index in [4.69, 9.17) is 16.7 Å². The van der Waals surface area contributed by atoms with Crippen molar-refractivity contribution in [3.8, 4) is 5.69 Å². The minimum Gasteiger partial charge on any atom is -0.465 e. The fourth-order valence-electron chi connectivity index (χ4n) is 2.64. The molecule has 0 spiro atoms. The molecule has 3 aromatic rings. The van der Waals surface area contributed by atoms with Crippen LogP contribution in [0.4, 0.5) is 10.5 Å². The smallest absolute Gasteiger partial charge is 0.409 e. The Morgan fingerprint density at radius 2 is 1.89 bits per heavy atom. The monoisotopic (exact) mass is 385 g/mol. The number of aliphatic hydroxyl groups is 1. The van der Waals surface area contributed by atoms with E-state index in [1.807, 2.05) is 0 Å². The third-order valence-electron chi connectivity index (χ3n) is 4.04. The van der Waals surface area contributed by atoms with Gasteiger partial charge in [-0.2, -0.15) is 5.10 Å². The highest BCUT2D eigenvalue weighted by molar-refractivity contribution is 6.30. The molecule has 138 valence electrons. The lowest BCUT2D eigenvalue weighted by Gasteiger charge is -2.23. The topological polar surface area (TPSA) is 104 Å². The van der Waals surface area contributed by atoms with Crippen LogP contribution in [0, 0.1) is 0 Å². The van der Waals surface area contributed by atoms with E-state index < -0.39 is 17.1 Å². The number of carbonyl (C=O) groups is 1. The normalized spacial score (nSPS) is 13.0. The molecular weight excluding hydrogens is 370 g/mol. The van der Waals surface area contributed by atoms with E-state index in [0.717, 1.165) is 0 Å². The summed E-state index contributed by atoms with van der Waals surface area (Å²) in [5.41, 5.74) is -1.00. The summed E-state index contributed by atoms with van der Waals surface area (Å²) in [5, 5.41) is 27.0. The molecule has 1 aromatic heterocycles. The number of hydrogen-bond acceptors (Lipinski definition) is 4. The minimum atomic E-state index is -1.73. The summed E-state index contributed by atoms with van der Waals surface area (Å²) in [7, 11) is 0. The molecule has 1 unspecified atom stereocenters. The zero-order chi connectivity index (χ0) is 19.6. The van der Waals surface area contributed by atoms with Gasteiger partial charge in [-0.05, 0) is 48.9 Å². The Morgan fingerprint density at radius 1 is 1.19 bits per heavy atom. The predicted octanol–water partition coefficient (Wildman–Crippen LogP) is 3.23. The van der Waals surface area contributed by atoms with Crippen LogP contribution in [0.2, 0.25) is 5.02 Å². The van der Waals surface area contributed by atoms with Crippen molar-refractivity contribution >= 4 is 23.4 Å². The van der Waals surface area contributed by atoms with Crippen LogP contribution in [0.5, 0.6) is 0 Å². The van der Waals surface area contributed by atoms with Crippen molar-refractivity contribution in [3.05, 3.63) is 87.3 Å². The molecule has 2 aromatic carbocycles. The summed E-state index contributed by atoms with van der Waals surface area (Å²) in [6.45, 7) is 1.43. The van der Waals surface area contributed by atoms with Gasteiger partial charge in [0.2, 0.25) is 5.43 Å². The van der Waals surface area contributed by atoms with Crippen molar-refractivity contribution in [2.45, 2.75) is 12.5 Å². The molecule has 1 amide bonds. The molecule has 0 aliphatic carbocycles. The van der Waals surface area contributed by atoms with E-state index in [2.05, 4.69) is 10.4 Å². The summed E-state index contributed by atoms with van der Waals surface area (Å²) < 4.78 is 1.46. The second kappa shape index (κ2) is 7.22. The first-order valence-electron chi connectivity index (χ1n) is 7.96. The Morgan fingerprint density at radius 3 is 2.56 bits per heavy atom. The zero-order valence-corrected chi connectivity index (χ0v) is 15.0. The van der Waals surface area contributed by atoms with Crippen LogP contribution in [-0.2, 0) is 5.60 Å². The molecular formula is C19H16ClN3O4. The minimum absolute atomic E-state index is 0.0903. The first-order valence-corrected chi connectivity index (χ1v) is 8.34. The van der Waals surface area contributed by atoms with Gasteiger partial charge in [-0.1, -0.05) is 23.7 Å². The second-order valence-electron chi connectivity index (χ2n) is 6.03. The SMILES string of the molecule is CC(O)(c1cccc(NC(=O)O)c1)c1nn(-c2ccc(Cl)cc2)ccc1=O. The van der Waals surface area contributed by atoms with Gasteiger partial charge < -0.3 is 10.2 Å². The van der Waals surface area contributed by atoms with E-state index in [1.54, 1.807) is 36.4 Å². The fourth-order valence-corrected chi connectivity index (χ4v) is 2.77. The van der Waals surface area contributed by atoms with Gasteiger partial charge in [-0.15, -0.1) is 0 Å². The quantitative estimate of drug-likeness (QED) is 0.639. The number of rotatable bonds is 4. The van der Waals surface area contributed by atoms with Crippen molar-refractivity contribution in [1.82, 2.24) is 9.78 Å². The van der Waals surface area contributed by atoms with Crippen molar-refractivity contribution < 1.29 is 15.0 Å².